The largest absolute Gasteiger partial charge is 0.504 e. The number of phenols is 1. The van der Waals surface area contributed by atoms with E-state index in [0.717, 1.165) is 44.5 Å². The fourth-order valence-electron chi connectivity index (χ4n) is 3.61. The summed E-state index contributed by atoms with van der Waals surface area (Å²) in [7, 11) is 3.03. The molecule has 0 radical (unpaired) electrons. The molecule has 3 rings (SSSR count). The number of ether oxygens (including phenoxy) is 2. The van der Waals surface area contributed by atoms with Gasteiger partial charge in [-0.05, 0) is 55.5 Å². The molecule has 2 fully saturated rings. The molecule has 1 aromatic carbocycles. The Bertz CT molecular complexity index is 564. The molecule has 0 aromatic heterocycles. The lowest BCUT2D eigenvalue weighted by molar-refractivity contribution is -0.143. The average Bonchev–Trinajstić information content (AvgIpc) is 3.24. The fraction of sp³-hybridized carbons (Fsp3) is 0.588. The van der Waals surface area contributed by atoms with Crippen molar-refractivity contribution in [3.63, 3.8) is 0 Å². The Labute approximate surface area is 130 Å². The molecule has 1 saturated heterocycles. The monoisotopic (exact) mass is 305 g/mol. The van der Waals surface area contributed by atoms with Gasteiger partial charge in [-0.3, -0.25) is 9.69 Å². The lowest BCUT2D eigenvalue weighted by atomic mass is 9.90. The molecular weight excluding hydrogens is 282 g/mol. The van der Waals surface area contributed by atoms with Gasteiger partial charge in [0.2, 0.25) is 0 Å². The number of carbonyl (C=O) groups is 1. The van der Waals surface area contributed by atoms with Crippen molar-refractivity contribution >= 4 is 5.97 Å². The first-order valence-corrected chi connectivity index (χ1v) is 7.74. The summed E-state index contributed by atoms with van der Waals surface area (Å²) in [5.74, 6) is 0.756. The molecule has 120 valence electrons. The topological polar surface area (TPSA) is 59.0 Å². The van der Waals surface area contributed by atoms with Crippen molar-refractivity contribution in [1.29, 1.82) is 0 Å². The van der Waals surface area contributed by atoms with Crippen LogP contribution in [0.15, 0.2) is 18.2 Å². The highest BCUT2D eigenvalue weighted by Crippen LogP contribution is 2.59. The first-order valence-electron chi connectivity index (χ1n) is 7.74. The minimum atomic E-state index is -0.0447. The van der Waals surface area contributed by atoms with E-state index >= 15 is 0 Å². The number of rotatable bonds is 4. The van der Waals surface area contributed by atoms with Gasteiger partial charge in [-0.1, -0.05) is 6.07 Å². The number of carbonyl (C=O) groups excluding carboxylic acids is 1. The number of methoxy groups -OCH3 is 2. The van der Waals surface area contributed by atoms with Gasteiger partial charge in [0.1, 0.15) is 0 Å². The maximum Gasteiger partial charge on any atom is 0.309 e. The predicted molar refractivity (Wildman–Crippen MR) is 81.7 cm³/mol. The molecule has 1 aliphatic carbocycles. The highest BCUT2D eigenvalue weighted by Gasteiger charge is 2.59. The Balaban J connectivity index is 1.56. The molecule has 5 nitrogen and oxygen atoms in total. The third kappa shape index (κ3) is 2.77. The highest BCUT2D eigenvalue weighted by molar-refractivity contribution is 5.76. The van der Waals surface area contributed by atoms with Crippen molar-refractivity contribution < 1.29 is 19.4 Å². The van der Waals surface area contributed by atoms with Crippen LogP contribution in [0.2, 0.25) is 0 Å². The van der Waals surface area contributed by atoms with Crippen LogP contribution in [0.25, 0.3) is 0 Å². The molecule has 1 aliphatic heterocycles. The third-order valence-corrected chi connectivity index (χ3v) is 5.18. The van der Waals surface area contributed by atoms with Gasteiger partial charge in [-0.15, -0.1) is 0 Å². The van der Waals surface area contributed by atoms with Gasteiger partial charge in [0.05, 0.1) is 20.1 Å². The second-order valence-corrected chi connectivity index (χ2v) is 6.42. The van der Waals surface area contributed by atoms with Gasteiger partial charge >= 0.3 is 5.97 Å². The van der Waals surface area contributed by atoms with E-state index in [0.29, 0.717) is 5.75 Å². The number of phenolic OH excluding ortho intramolecular Hbond substituents is 1. The summed E-state index contributed by atoms with van der Waals surface area (Å²) >= 11 is 0. The van der Waals surface area contributed by atoms with Crippen molar-refractivity contribution in [3.8, 4) is 11.5 Å². The lowest BCUT2D eigenvalue weighted by Gasteiger charge is -2.32. The van der Waals surface area contributed by atoms with Crippen molar-refractivity contribution in [1.82, 2.24) is 4.90 Å². The van der Waals surface area contributed by atoms with Gasteiger partial charge in [0, 0.05) is 6.54 Å². The van der Waals surface area contributed by atoms with Crippen LogP contribution in [0.3, 0.4) is 0 Å². The van der Waals surface area contributed by atoms with Gasteiger partial charge in [0.15, 0.2) is 11.5 Å². The van der Waals surface area contributed by atoms with Crippen molar-refractivity contribution in [2.24, 2.45) is 11.3 Å². The van der Waals surface area contributed by atoms with E-state index in [1.54, 1.807) is 13.2 Å². The van der Waals surface area contributed by atoms with Gasteiger partial charge in [-0.25, -0.2) is 0 Å². The molecule has 5 heteroatoms. The number of piperidine rings is 1. The van der Waals surface area contributed by atoms with Crippen LogP contribution in [-0.2, 0) is 16.1 Å². The van der Waals surface area contributed by atoms with E-state index in [4.69, 9.17) is 9.47 Å². The Kier molecular flexibility index (Phi) is 4.00. The number of likely N-dealkylation sites (tertiary alicyclic amines) is 1. The number of esters is 1. The number of hydrogen-bond donors (Lipinski definition) is 1. The molecule has 1 saturated carbocycles. The normalized spacial score (nSPS) is 23.3. The van der Waals surface area contributed by atoms with Gasteiger partial charge in [-0.2, -0.15) is 0 Å². The SMILES string of the molecule is COC(=O)[C@@H]1CC12CCN(Cc1ccc(O)c(OC)c1)CC2. The molecule has 1 atom stereocenters. The van der Waals surface area contributed by atoms with Crippen molar-refractivity contribution in [3.05, 3.63) is 23.8 Å². The van der Waals surface area contributed by atoms with E-state index < -0.39 is 0 Å². The Morgan fingerprint density at radius 3 is 2.73 bits per heavy atom. The minimum absolute atomic E-state index is 0.0447. The first kappa shape index (κ1) is 15.2. The van der Waals surface area contributed by atoms with E-state index in [-0.39, 0.29) is 23.1 Å². The zero-order valence-electron chi connectivity index (χ0n) is 13.2. The summed E-state index contributed by atoms with van der Waals surface area (Å²) in [6.07, 6.45) is 3.10. The molecule has 0 bridgehead atoms. The van der Waals surface area contributed by atoms with Crippen molar-refractivity contribution in [2.45, 2.75) is 25.8 Å². The number of nitrogens with zero attached hydrogens (tertiary/aromatic N) is 1. The molecule has 1 N–H and O–H groups in total. The zero-order valence-corrected chi connectivity index (χ0v) is 13.2. The maximum absolute atomic E-state index is 11.6. The molecule has 0 amide bonds. The standard InChI is InChI=1S/C17H23NO4/c1-21-15-9-12(3-4-14(15)19)11-18-7-5-17(6-8-18)10-13(17)16(20)22-2/h3-4,9,13,19H,5-8,10-11H2,1-2H3/t13-/m0/s1. The number of hydrogen-bond acceptors (Lipinski definition) is 5. The summed E-state index contributed by atoms with van der Waals surface area (Å²) in [5, 5.41) is 9.64. The van der Waals surface area contributed by atoms with Gasteiger partial charge in [0.25, 0.3) is 0 Å². The molecule has 1 spiro atoms. The zero-order chi connectivity index (χ0) is 15.7. The molecule has 0 unspecified atom stereocenters. The van der Waals surface area contributed by atoms with E-state index in [9.17, 15) is 9.90 Å². The van der Waals surface area contributed by atoms with Crippen LogP contribution in [0.4, 0.5) is 0 Å². The molecule has 2 aliphatic rings. The molecular formula is C17H23NO4. The maximum atomic E-state index is 11.6. The summed E-state index contributed by atoms with van der Waals surface area (Å²) in [5.41, 5.74) is 1.34. The molecule has 1 heterocycles. The smallest absolute Gasteiger partial charge is 0.309 e. The van der Waals surface area contributed by atoms with Crippen LogP contribution in [0.5, 0.6) is 11.5 Å². The first-order chi connectivity index (χ1) is 10.6. The second-order valence-electron chi connectivity index (χ2n) is 6.42. The summed E-state index contributed by atoms with van der Waals surface area (Å²) in [6.45, 7) is 2.84. The fourth-order valence-corrected chi connectivity index (χ4v) is 3.61. The Morgan fingerprint density at radius 1 is 1.36 bits per heavy atom. The molecule has 1 aromatic rings. The predicted octanol–water partition coefficient (Wildman–Crippen LogP) is 2.18. The molecule has 22 heavy (non-hydrogen) atoms. The van der Waals surface area contributed by atoms with Crippen LogP contribution in [-0.4, -0.2) is 43.3 Å². The van der Waals surface area contributed by atoms with Crippen LogP contribution in [0.1, 0.15) is 24.8 Å². The highest BCUT2D eigenvalue weighted by atomic mass is 16.5. The van der Waals surface area contributed by atoms with Crippen LogP contribution < -0.4 is 4.74 Å². The summed E-state index contributed by atoms with van der Waals surface area (Å²) < 4.78 is 10.0. The van der Waals surface area contributed by atoms with Crippen LogP contribution >= 0.6 is 0 Å². The Morgan fingerprint density at radius 2 is 2.09 bits per heavy atom. The van der Waals surface area contributed by atoms with Gasteiger partial charge < -0.3 is 14.6 Å². The number of benzene rings is 1. The average molecular weight is 305 g/mol. The Hall–Kier alpha value is -1.75. The summed E-state index contributed by atoms with van der Waals surface area (Å²) in [4.78, 5) is 14.0. The van der Waals surface area contributed by atoms with Crippen molar-refractivity contribution in [2.75, 3.05) is 27.3 Å². The minimum Gasteiger partial charge on any atom is -0.504 e. The number of aromatic hydroxyl groups is 1. The van der Waals surface area contributed by atoms with E-state index in [2.05, 4.69) is 4.90 Å². The summed E-state index contributed by atoms with van der Waals surface area (Å²) in [6, 6.07) is 5.48. The lowest BCUT2D eigenvalue weighted by Crippen LogP contribution is -2.35. The van der Waals surface area contributed by atoms with E-state index in [1.807, 2.05) is 12.1 Å². The third-order valence-electron chi connectivity index (χ3n) is 5.18. The quantitative estimate of drug-likeness (QED) is 0.864. The van der Waals surface area contributed by atoms with Crippen LogP contribution in [0, 0.1) is 11.3 Å². The second kappa shape index (κ2) is 5.80. The van der Waals surface area contributed by atoms with E-state index in [1.165, 1.54) is 7.11 Å².